The number of hydrogen-bond donors (Lipinski definition) is 1. The summed E-state index contributed by atoms with van der Waals surface area (Å²) in [5.74, 6) is -2.16. The molecule has 0 aliphatic carbocycles. The van der Waals surface area contributed by atoms with Crippen LogP contribution in [0.5, 0.6) is 0 Å². The summed E-state index contributed by atoms with van der Waals surface area (Å²) < 4.78 is 0. The molecule has 8 nitrogen and oxygen atoms in total. The Labute approximate surface area is 131 Å². The first kappa shape index (κ1) is 14.9. The molecule has 2 aliphatic rings. The van der Waals surface area contributed by atoms with Crippen LogP contribution in [0.3, 0.4) is 0 Å². The fraction of sp³-hybridized carbons (Fsp3) is 0.267. The minimum absolute atomic E-state index is 0.0666. The van der Waals surface area contributed by atoms with Gasteiger partial charge in [-0.1, -0.05) is 6.07 Å². The number of likely N-dealkylation sites (tertiary alicyclic amines) is 1. The molecular weight excluding hydrogens is 302 g/mol. The van der Waals surface area contributed by atoms with E-state index >= 15 is 0 Å². The van der Waals surface area contributed by atoms with E-state index in [1.54, 1.807) is 0 Å². The second kappa shape index (κ2) is 5.31. The molecule has 118 valence electrons. The molecule has 0 aromatic heterocycles. The van der Waals surface area contributed by atoms with Crippen molar-refractivity contribution in [3.05, 3.63) is 29.3 Å². The quantitative estimate of drug-likeness (QED) is 0.624. The summed E-state index contributed by atoms with van der Waals surface area (Å²) >= 11 is 0. The zero-order valence-corrected chi connectivity index (χ0v) is 12.2. The highest BCUT2D eigenvalue weighted by atomic mass is 16.2. The molecule has 0 radical (unpaired) electrons. The molecule has 0 saturated carbocycles. The maximum atomic E-state index is 12.6. The first-order valence-electron chi connectivity index (χ1n) is 6.99. The summed E-state index contributed by atoms with van der Waals surface area (Å²) in [6, 6.07) is 3.50. The lowest BCUT2D eigenvalue weighted by atomic mass is 10.0. The predicted octanol–water partition coefficient (Wildman–Crippen LogP) is -0.00170. The van der Waals surface area contributed by atoms with Crippen LogP contribution in [-0.2, 0) is 14.4 Å². The molecule has 0 spiro atoms. The Bertz CT molecular complexity index is 757. The van der Waals surface area contributed by atoms with Crippen LogP contribution in [0.15, 0.2) is 18.2 Å². The van der Waals surface area contributed by atoms with Gasteiger partial charge < -0.3 is 5.32 Å². The van der Waals surface area contributed by atoms with Crippen LogP contribution in [0, 0.1) is 0 Å². The Morgan fingerprint density at radius 1 is 1.17 bits per heavy atom. The molecule has 1 saturated heterocycles. The number of anilines is 1. The molecular formula is C15H13N3O5. The van der Waals surface area contributed by atoms with E-state index in [-0.39, 0.29) is 35.6 Å². The standard InChI is InChI=1S/C15H13N3O5/c1-17-11(20)6-5-10(14(17)22)18-13(21)8-3-2-4-9(16-7-19)12(8)15(18)23/h2-4,7,10H,5-6H2,1H3,(H,16,19). The van der Waals surface area contributed by atoms with Crippen LogP contribution in [0.2, 0.25) is 0 Å². The van der Waals surface area contributed by atoms with Crippen LogP contribution in [0.4, 0.5) is 5.69 Å². The Morgan fingerprint density at radius 3 is 2.61 bits per heavy atom. The number of rotatable bonds is 3. The third kappa shape index (κ3) is 2.10. The van der Waals surface area contributed by atoms with Crippen molar-refractivity contribution in [1.82, 2.24) is 9.80 Å². The van der Waals surface area contributed by atoms with Gasteiger partial charge in [-0.2, -0.15) is 0 Å². The zero-order valence-electron chi connectivity index (χ0n) is 12.2. The summed E-state index contributed by atoms with van der Waals surface area (Å²) in [4.78, 5) is 61.4. The molecule has 1 aromatic rings. The van der Waals surface area contributed by atoms with Crippen molar-refractivity contribution in [3.8, 4) is 0 Å². The third-order valence-corrected chi connectivity index (χ3v) is 4.09. The highest BCUT2D eigenvalue weighted by Crippen LogP contribution is 2.32. The summed E-state index contributed by atoms with van der Waals surface area (Å²) in [7, 11) is 1.33. The Hall–Kier alpha value is -3.03. The van der Waals surface area contributed by atoms with Crippen LogP contribution in [-0.4, -0.2) is 52.9 Å². The van der Waals surface area contributed by atoms with Gasteiger partial charge in [-0.3, -0.25) is 33.8 Å². The van der Waals surface area contributed by atoms with Gasteiger partial charge in [0.15, 0.2) is 0 Å². The van der Waals surface area contributed by atoms with E-state index < -0.39 is 23.8 Å². The van der Waals surface area contributed by atoms with E-state index in [4.69, 9.17) is 0 Å². The topological polar surface area (TPSA) is 104 Å². The molecule has 0 bridgehead atoms. The molecule has 3 rings (SSSR count). The van der Waals surface area contributed by atoms with Gasteiger partial charge in [-0.15, -0.1) is 0 Å². The number of nitrogens with one attached hydrogen (secondary N) is 1. The number of carbonyl (C=O) groups excluding carboxylic acids is 5. The molecule has 1 aromatic carbocycles. The van der Waals surface area contributed by atoms with Gasteiger partial charge >= 0.3 is 0 Å². The maximum Gasteiger partial charge on any atom is 0.264 e. The Morgan fingerprint density at radius 2 is 1.91 bits per heavy atom. The highest BCUT2D eigenvalue weighted by Gasteiger charge is 2.46. The molecule has 1 N–H and O–H groups in total. The SMILES string of the molecule is CN1C(=O)CCC(N2C(=O)c3cccc(NC=O)c3C2=O)C1=O. The van der Waals surface area contributed by atoms with E-state index in [1.807, 2.05) is 0 Å². The number of benzene rings is 1. The monoisotopic (exact) mass is 315 g/mol. The van der Waals surface area contributed by atoms with Crippen molar-refractivity contribution in [1.29, 1.82) is 0 Å². The average molecular weight is 315 g/mol. The second-order valence-electron chi connectivity index (χ2n) is 5.32. The lowest BCUT2D eigenvalue weighted by molar-refractivity contribution is -0.149. The van der Waals surface area contributed by atoms with Gasteiger partial charge in [0.25, 0.3) is 17.7 Å². The normalized spacial score (nSPS) is 20.8. The molecule has 1 fully saturated rings. The summed E-state index contributed by atoms with van der Waals surface area (Å²) in [5.41, 5.74) is 0.414. The van der Waals surface area contributed by atoms with Crippen LogP contribution in [0.1, 0.15) is 33.6 Å². The van der Waals surface area contributed by atoms with E-state index in [0.717, 1.165) is 9.80 Å². The van der Waals surface area contributed by atoms with Gasteiger partial charge in [0.1, 0.15) is 6.04 Å². The van der Waals surface area contributed by atoms with E-state index in [2.05, 4.69) is 5.32 Å². The highest BCUT2D eigenvalue weighted by molar-refractivity contribution is 6.25. The zero-order chi connectivity index (χ0) is 16.7. The number of fused-ring (bicyclic) bond motifs is 1. The third-order valence-electron chi connectivity index (χ3n) is 4.09. The predicted molar refractivity (Wildman–Crippen MR) is 77.4 cm³/mol. The van der Waals surface area contributed by atoms with Crippen molar-refractivity contribution in [2.45, 2.75) is 18.9 Å². The number of piperidine rings is 1. The van der Waals surface area contributed by atoms with E-state index in [9.17, 15) is 24.0 Å². The second-order valence-corrected chi connectivity index (χ2v) is 5.32. The van der Waals surface area contributed by atoms with E-state index in [0.29, 0.717) is 6.41 Å². The molecule has 23 heavy (non-hydrogen) atoms. The van der Waals surface area contributed by atoms with Gasteiger partial charge in [-0.05, 0) is 18.6 Å². The average Bonchev–Trinajstić information content (AvgIpc) is 2.79. The van der Waals surface area contributed by atoms with Crippen LogP contribution >= 0.6 is 0 Å². The Balaban J connectivity index is 2.01. The number of amides is 5. The molecule has 8 heteroatoms. The van der Waals surface area contributed by atoms with Crippen molar-refractivity contribution in [2.24, 2.45) is 0 Å². The number of nitrogens with zero attached hydrogens (tertiary/aromatic N) is 2. The van der Waals surface area contributed by atoms with Crippen molar-refractivity contribution in [3.63, 3.8) is 0 Å². The van der Waals surface area contributed by atoms with Crippen LogP contribution in [0.25, 0.3) is 0 Å². The summed E-state index contributed by atoms with van der Waals surface area (Å²) in [6.45, 7) is 0. The molecule has 2 heterocycles. The minimum atomic E-state index is -1.01. The summed E-state index contributed by atoms with van der Waals surface area (Å²) in [6.07, 6.45) is 0.595. The van der Waals surface area contributed by atoms with Crippen molar-refractivity contribution in [2.75, 3.05) is 12.4 Å². The molecule has 1 unspecified atom stereocenters. The Kier molecular flexibility index (Phi) is 3.44. The smallest absolute Gasteiger partial charge is 0.264 e. The fourth-order valence-corrected chi connectivity index (χ4v) is 2.91. The number of likely N-dealkylation sites (N-methyl/N-ethyl adjacent to an activating group) is 1. The lowest BCUT2D eigenvalue weighted by Gasteiger charge is -2.32. The first-order chi connectivity index (χ1) is 11.0. The van der Waals surface area contributed by atoms with Crippen LogP contribution < -0.4 is 5.32 Å². The molecule has 2 aliphatic heterocycles. The minimum Gasteiger partial charge on any atom is -0.328 e. The van der Waals surface area contributed by atoms with Crippen molar-refractivity contribution < 1.29 is 24.0 Å². The molecule has 1 atom stereocenters. The number of hydrogen-bond acceptors (Lipinski definition) is 5. The van der Waals surface area contributed by atoms with Gasteiger partial charge in [-0.25, -0.2) is 0 Å². The largest absolute Gasteiger partial charge is 0.328 e. The van der Waals surface area contributed by atoms with Crippen molar-refractivity contribution >= 4 is 35.7 Å². The number of carbonyl (C=O) groups is 5. The lowest BCUT2D eigenvalue weighted by Crippen LogP contribution is -2.54. The van der Waals surface area contributed by atoms with E-state index in [1.165, 1.54) is 25.2 Å². The first-order valence-corrected chi connectivity index (χ1v) is 6.99. The molecule has 5 amide bonds. The van der Waals surface area contributed by atoms with Gasteiger partial charge in [0.05, 0.1) is 16.8 Å². The fourth-order valence-electron chi connectivity index (χ4n) is 2.91. The maximum absolute atomic E-state index is 12.6. The number of imide groups is 2. The van der Waals surface area contributed by atoms with Gasteiger partial charge in [0.2, 0.25) is 12.3 Å². The summed E-state index contributed by atoms with van der Waals surface area (Å²) in [5, 5.41) is 2.38. The van der Waals surface area contributed by atoms with Gasteiger partial charge in [0, 0.05) is 13.5 Å².